The molecule has 1 aromatic rings. The van der Waals surface area contributed by atoms with Crippen LogP contribution in [0.25, 0.3) is 0 Å². The fourth-order valence-corrected chi connectivity index (χ4v) is 3.39. The van der Waals surface area contributed by atoms with Crippen molar-refractivity contribution in [2.24, 2.45) is 5.92 Å². The molecule has 0 spiro atoms. The topological polar surface area (TPSA) is 87.0 Å². The molecule has 2 saturated carbocycles. The first kappa shape index (κ1) is 15.1. The lowest BCUT2D eigenvalue weighted by atomic mass is 9.98. The molecule has 2 aliphatic carbocycles. The van der Waals surface area contributed by atoms with E-state index < -0.39 is 0 Å². The summed E-state index contributed by atoms with van der Waals surface area (Å²) >= 11 is 0. The average Bonchev–Trinajstić information content (AvgIpc) is 3.19. The third kappa shape index (κ3) is 3.51. The van der Waals surface area contributed by atoms with E-state index in [0.717, 1.165) is 51.4 Å². The second kappa shape index (κ2) is 6.98. The summed E-state index contributed by atoms with van der Waals surface area (Å²) in [5.74, 6) is -0.223. The van der Waals surface area contributed by atoms with E-state index in [9.17, 15) is 9.59 Å². The number of aromatic nitrogens is 4. The van der Waals surface area contributed by atoms with Gasteiger partial charge in [0, 0.05) is 5.92 Å². The van der Waals surface area contributed by atoms with Gasteiger partial charge in [-0.25, -0.2) is 4.68 Å². The largest absolute Gasteiger partial charge is 0.461 e. The fourth-order valence-electron chi connectivity index (χ4n) is 3.39. The van der Waals surface area contributed by atoms with Crippen molar-refractivity contribution < 1.29 is 14.3 Å². The number of esters is 1. The standard InChI is InChI=1S/C15H22N4O3/c20-13(22-12-8-2-1-3-9-12)10-19-15(16-17-18-19)14(21)11-6-4-5-7-11/h11-12H,1-10H2. The summed E-state index contributed by atoms with van der Waals surface area (Å²) in [5, 5.41) is 11.1. The van der Waals surface area contributed by atoms with Crippen LogP contribution in [0.5, 0.6) is 0 Å². The van der Waals surface area contributed by atoms with Crippen molar-refractivity contribution in [1.29, 1.82) is 0 Å². The van der Waals surface area contributed by atoms with Gasteiger partial charge in [-0.05, 0) is 49.0 Å². The quantitative estimate of drug-likeness (QED) is 0.610. The van der Waals surface area contributed by atoms with Gasteiger partial charge in [0.05, 0.1) is 0 Å². The molecule has 7 heteroatoms. The van der Waals surface area contributed by atoms with Crippen molar-refractivity contribution in [1.82, 2.24) is 20.2 Å². The highest BCUT2D eigenvalue weighted by atomic mass is 16.5. The van der Waals surface area contributed by atoms with Gasteiger partial charge in [-0.2, -0.15) is 0 Å². The molecule has 2 fully saturated rings. The van der Waals surface area contributed by atoms with Crippen LogP contribution in [0.3, 0.4) is 0 Å². The molecule has 0 amide bonds. The minimum Gasteiger partial charge on any atom is -0.461 e. The van der Waals surface area contributed by atoms with Crippen LogP contribution in [0.4, 0.5) is 0 Å². The molecule has 3 rings (SSSR count). The van der Waals surface area contributed by atoms with Gasteiger partial charge in [0.25, 0.3) is 0 Å². The third-order valence-electron chi connectivity index (χ3n) is 4.61. The number of tetrazole rings is 1. The molecule has 0 atom stereocenters. The van der Waals surface area contributed by atoms with E-state index in [2.05, 4.69) is 15.5 Å². The second-order valence-electron chi connectivity index (χ2n) is 6.26. The predicted molar refractivity (Wildman–Crippen MR) is 77.1 cm³/mol. The summed E-state index contributed by atoms with van der Waals surface area (Å²) in [6.45, 7) is -0.0860. The van der Waals surface area contributed by atoms with Crippen LogP contribution in [0.15, 0.2) is 0 Å². The summed E-state index contributed by atoms with van der Waals surface area (Å²) in [6, 6.07) is 0. The molecule has 0 unspecified atom stereocenters. The number of hydrogen-bond donors (Lipinski definition) is 0. The third-order valence-corrected chi connectivity index (χ3v) is 4.61. The van der Waals surface area contributed by atoms with Gasteiger partial charge in [-0.15, -0.1) is 5.10 Å². The number of nitrogens with zero attached hydrogens (tertiary/aromatic N) is 4. The maximum atomic E-state index is 12.4. The molecule has 0 radical (unpaired) electrons. The number of Topliss-reactive ketones (excluding diaryl/α,β-unsaturated/α-hetero) is 1. The summed E-state index contributed by atoms with van der Waals surface area (Å²) in [5.41, 5.74) is 0. The summed E-state index contributed by atoms with van der Waals surface area (Å²) in [7, 11) is 0. The van der Waals surface area contributed by atoms with Crippen molar-refractivity contribution in [3.63, 3.8) is 0 Å². The minimum atomic E-state index is -0.361. The van der Waals surface area contributed by atoms with Gasteiger partial charge in [-0.1, -0.05) is 19.3 Å². The Morgan fingerprint density at radius 1 is 1.05 bits per heavy atom. The van der Waals surface area contributed by atoms with Crippen molar-refractivity contribution in [3.05, 3.63) is 5.82 Å². The van der Waals surface area contributed by atoms with Crippen LogP contribution in [-0.4, -0.2) is 38.1 Å². The highest BCUT2D eigenvalue weighted by Crippen LogP contribution is 2.27. The smallest absolute Gasteiger partial charge is 0.328 e. The molecule has 1 aromatic heterocycles. The highest BCUT2D eigenvalue weighted by Gasteiger charge is 2.29. The number of carbonyl (C=O) groups is 2. The molecule has 22 heavy (non-hydrogen) atoms. The Morgan fingerprint density at radius 3 is 2.45 bits per heavy atom. The zero-order valence-corrected chi connectivity index (χ0v) is 12.7. The van der Waals surface area contributed by atoms with E-state index in [-0.39, 0.29) is 36.1 Å². The average molecular weight is 306 g/mol. The van der Waals surface area contributed by atoms with Crippen molar-refractivity contribution in [3.8, 4) is 0 Å². The van der Waals surface area contributed by atoms with Gasteiger partial charge in [0.2, 0.25) is 11.6 Å². The predicted octanol–water partition coefficient (Wildman–Crippen LogP) is 1.92. The maximum absolute atomic E-state index is 12.4. The molecule has 0 aliphatic heterocycles. The van der Waals surface area contributed by atoms with E-state index in [1.54, 1.807) is 0 Å². The van der Waals surface area contributed by atoms with Crippen LogP contribution >= 0.6 is 0 Å². The molecule has 7 nitrogen and oxygen atoms in total. The SMILES string of the molecule is O=C(Cn1nnnc1C(=O)C1CCCC1)OC1CCCCC1. The first-order chi connectivity index (χ1) is 10.7. The molecule has 2 aliphatic rings. The Labute approximate surface area is 129 Å². The zero-order valence-electron chi connectivity index (χ0n) is 12.7. The highest BCUT2D eigenvalue weighted by molar-refractivity contribution is 5.94. The van der Waals surface area contributed by atoms with Gasteiger partial charge >= 0.3 is 5.97 Å². The first-order valence-corrected chi connectivity index (χ1v) is 8.24. The molecule has 1 heterocycles. The lowest BCUT2D eigenvalue weighted by molar-refractivity contribution is -0.151. The first-order valence-electron chi connectivity index (χ1n) is 8.24. The monoisotopic (exact) mass is 306 g/mol. The minimum absolute atomic E-state index is 0.000820. The molecule has 120 valence electrons. The number of ether oxygens (including phenoxy) is 1. The lowest BCUT2D eigenvalue weighted by Crippen LogP contribution is -2.26. The van der Waals surface area contributed by atoms with E-state index in [1.807, 2.05) is 0 Å². The molecule has 0 N–H and O–H groups in total. The molecule has 0 saturated heterocycles. The van der Waals surface area contributed by atoms with E-state index in [0.29, 0.717) is 0 Å². The Bertz CT molecular complexity index is 531. The summed E-state index contributed by atoms with van der Waals surface area (Å²) in [6.07, 6.45) is 9.19. The van der Waals surface area contributed by atoms with Crippen LogP contribution in [0.2, 0.25) is 0 Å². The molecular formula is C15H22N4O3. The van der Waals surface area contributed by atoms with Crippen LogP contribution < -0.4 is 0 Å². The van der Waals surface area contributed by atoms with E-state index in [1.165, 1.54) is 11.1 Å². The number of hydrogen-bond acceptors (Lipinski definition) is 6. The number of rotatable bonds is 5. The van der Waals surface area contributed by atoms with Crippen molar-refractivity contribution >= 4 is 11.8 Å². The van der Waals surface area contributed by atoms with Crippen LogP contribution in [0, 0.1) is 5.92 Å². The molecule has 0 bridgehead atoms. The van der Waals surface area contributed by atoms with Crippen molar-refractivity contribution in [2.45, 2.75) is 70.4 Å². The summed E-state index contributed by atoms with van der Waals surface area (Å²) < 4.78 is 6.74. The Kier molecular flexibility index (Phi) is 4.80. The maximum Gasteiger partial charge on any atom is 0.328 e. The summed E-state index contributed by atoms with van der Waals surface area (Å²) in [4.78, 5) is 24.4. The second-order valence-corrected chi connectivity index (χ2v) is 6.26. The van der Waals surface area contributed by atoms with Gasteiger partial charge < -0.3 is 4.74 Å². The van der Waals surface area contributed by atoms with Crippen LogP contribution in [-0.2, 0) is 16.1 Å². The number of carbonyl (C=O) groups excluding carboxylic acids is 2. The Morgan fingerprint density at radius 2 is 1.73 bits per heavy atom. The molecular weight excluding hydrogens is 284 g/mol. The lowest BCUT2D eigenvalue weighted by Gasteiger charge is -2.21. The van der Waals surface area contributed by atoms with E-state index >= 15 is 0 Å². The van der Waals surface area contributed by atoms with Crippen LogP contribution in [0.1, 0.15) is 68.4 Å². The Hall–Kier alpha value is -1.79. The zero-order chi connectivity index (χ0) is 15.4. The number of ketones is 1. The van der Waals surface area contributed by atoms with Gasteiger partial charge in [0.15, 0.2) is 0 Å². The van der Waals surface area contributed by atoms with Gasteiger partial charge in [-0.3, -0.25) is 9.59 Å². The fraction of sp³-hybridized carbons (Fsp3) is 0.800. The van der Waals surface area contributed by atoms with Crippen molar-refractivity contribution in [2.75, 3.05) is 0 Å². The van der Waals surface area contributed by atoms with Gasteiger partial charge in [0.1, 0.15) is 12.6 Å². The normalized spacial score (nSPS) is 20.2. The molecule has 0 aromatic carbocycles. The Balaban J connectivity index is 1.59. The van der Waals surface area contributed by atoms with E-state index in [4.69, 9.17) is 4.74 Å².